The summed E-state index contributed by atoms with van der Waals surface area (Å²) in [6, 6.07) is 14.6. The standard InChI is InChI=1S/C24H32N2/c1-2-7-24-19(6-1)10-11-25(24)22-15-20-8-9-21(16-22)26(20)23-13-17-4-3-5-18(12-17)14-23/h1-2,6-7,10-11,17-18,20-23H,3-5,8-9,12-16H2/t17-,18+,20-,21+,22?,23?. The summed E-state index contributed by atoms with van der Waals surface area (Å²) >= 11 is 0. The van der Waals surface area contributed by atoms with E-state index in [2.05, 4.69) is 46.0 Å². The Hall–Kier alpha value is -1.28. The molecule has 6 rings (SSSR count). The lowest BCUT2D eigenvalue weighted by atomic mass is 9.69. The first kappa shape index (κ1) is 15.7. The molecule has 0 N–H and O–H groups in total. The summed E-state index contributed by atoms with van der Waals surface area (Å²) in [6.07, 6.45) is 17.1. The summed E-state index contributed by atoms with van der Waals surface area (Å²) in [7, 11) is 0. The third kappa shape index (κ3) is 2.48. The number of aromatic nitrogens is 1. The van der Waals surface area contributed by atoms with Crippen molar-refractivity contribution in [3.63, 3.8) is 0 Å². The Morgan fingerprint density at radius 2 is 1.38 bits per heavy atom. The molecule has 4 aliphatic rings. The maximum Gasteiger partial charge on any atom is 0.0482 e. The molecule has 26 heavy (non-hydrogen) atoms. The highest BCUT2D eigenvalue weighted by Gasteiger charge is 2.46. The normalized spacial score (nSPS) is 40.2. The molecule has 1 aromatic heterocycles. The molecule has 2 aliphatic heterocycles. The molecule has 2 heteroatoms. The molecule has 2 aromatic rings. The van der Waals surface area contributed by atoms with Gasteiger partial charge in [-0.2, -0.15) is 0 Å². The Morgan fingerprint density at radius 3 is 2.15 bits per heavy atom. The van der Waals surface area contributed by atoms with Crippen LogP contribution in [0.2, 0.25) is 0 Å². The first-order valence-corrected chi connectivity index (χ1v) is 11.2. The maximum absolute atomic E-state index is 3.05. The van der Waals surface area contributed by atoms with Crippen molar-refractivity contribution in [2.24, 2.45) is 11.8 Å². The van der Waals surface area contributed by atoms with E-state index in [1.165, 1.54) is 68.7 Å². The van der Waals surface area contributed by atoms with E-state index >= 15 is 0 Å². The lowest BCUT2D eigenvalue weighted by molar-refractivity contribution is 0.00830. The number of nitrogens with zero attached hydrogens (tertiary/aromatic N) is 2. The van der Waals surface area contributed by atoms with Crippen LogP contribution in [0.25, 0.3) is 10.9 Å². The molecule has 1 aromatic carbocycles. The van der Waals surface area contributed by atoms with Crippen molar-refractivity contribution in [2.45, 2.75) is 88.4 Å². The summed E-state index contributed by atoms with van der Waals surface area (Å²) in [6.45, 7) is 0. The maximum atomic E-state index is 3.05. The van der Waals surface area contributed by atoms with Crippen molar-refractivity contribution in [1.82, 2.24) is 9.47 Å². The number of fused-ring (bicyclic) bond motifs is 5. The Bertz CT molecular complexity index is 766. The molecule has 138 valence electrons. The summed E-state index contributed by atoms with van der Waals surface area (Å²) in [5.74, 6) is 2.11. The summed E-state index contributed by atoms with van der Waals surface area (Å²) in [5, 5.41) is 1.40. The van der Waals surface area contributed by atoms with E-state index in [1.54, 1.807) is 6.42 Å². The Morgan fingerprint density at radius 1 is 0.654 bits per heavy atom. The highest BCUT2D eigenvalue weighted by atomic mass is 15.3. The summed E-state index contributed by atoms with van der Waals surface area (Å²) < 4.78 is 2.60. The van der Waals surface area contributed by atoms with E-state index in [1.807, 2.05) is 0 Å². The molecule has 2 nitrogen and oxygen atoms in total. The average molecular weight is 349 g/mol. The first-order valence-electron chi connectivity index (χ1n) is 11.2. The molecule has 2 unspecified atom stereocenters. The minimum Gasteiger partial charge on any atom is -0.344 e. The molecule has 3 heterocycles. The number of para-hydroxylation sites is 1. The van der Waals surface area contributed by atoms with E-state index in [4.69, 9.17) is 0 Å². The van der Waals surface area contributed by atoms with Crippen LogP contribution in [0.1, 0.15) is 70.3 Å². The lowest BCUT2D eigenvalue weighted by Gasteiger charge is -2.49. The first-order chi connectivity index (χ1) is 12.8. The molecule has 4 bridgehead atoms. The highest BCUT2D eigenvalue weighted by Crippen LogP contribution is 2.48. The summed E-state index contributed by atoms with van der Waals surface area (Å²) in [5.41, 5.74) is 1.44. The second-order valence-electron chi connectivity index (χ2n) is 9.76. The third-order valence-electron chi connectivity index (χ3n) is 8.31. The minimum absolute atomic E-state index is 0.715. The van der Waals surface area contributed by atoms with Crippen LogP contribution in [0, 0.1) is 11.8 Å². The van der Waals surface area contributed by atoms with Gasteiger partial charge >= 0.3 is 0 Å². The minimum atomic E-state index is 0.715. The van der Waals surface area contributed by atoms with Crippen molar-refractivity contribution in [3.8, 4) is 0 Å². The fraction of sp³-hybridized carbons (Fsp3) is 0.667. The van der Waals surface area contributed by atoms with Gasteiger partial charge < -0.3 is 4.57 Å². The van der Waals surface area contributed by atoms with Gasteiger partial charge in [-0.15, -0.1) is 0 Å². The predicted octanol–water partition coefficient (Wildman–Crippen LogP) is 5.78. The zero-order valence-electron chi connectivity index (χ0n) is 15.9. The number of piperidine rings is 1. The van der Waals surface area contributed by atoms with Crippen LogP contribution >= 0.6 is 0 Å². The van der Waals surface area contributed by atoms with Gasteiger partial charge in [-0.1, -0.05) is 37.5 Å². The van der Waals surface area contributed by atoms with Crippen LogP contribution in [-0.2, 0) is 0 Å². The van der Waals surface area contributed by atoms with Crippen LogP contribution in [-0.4, -0.2) is 27.6 Å². The van der Waals surface area contributed by atoms with Crippen molar-refractivity contribution in [2.75, 3.05) is 0 Å². The number of rotatable bonds is 2. The SMILES string of the molecule is c1ccc2c(c1)ccn2C1C[C@H]2CC[C@@H](C1)N2C1C[C@H]2CCC[C@@H](C1)C2. The summed E-state index contributed by atoms with van der Waals surface area (Å²) in [4.78, 5) is 3.05. The van der Waals surface area contributed by atoms with Crippen LogP contribution in [0.5, 0.6) is 0 Å². The number of benzene rings is 1. The van der Waals surface area contributed by atoms with Gasteiger partial charge in [0.25, 0.3) is 0 Å². The Kier molecular flexibility index (Phi) is 3.71. The van der Waals surface area contributed by atoms with Gasteiger partial charge in [0.05, 0.1) is 0 Å². The molecule has 2 saturated carbocycles. The van der Waals surface area contributed by atoms with Gasteiger partial charge in [0.2, 0.25) is 0 Å². The van der Waals surface area contributed by atoms with Gasteiger partial charge in [0.15, 0.2) is 0 Å². The smallest absolute Gasteiger partial charge is 0.0482 e. The second-order valence-corrected chi connectivity index (χ2v) is 9.76. The quantitative estimate of drug-likeness (QED) is 0.668. The van der Waals surface area contributed by atoms with E-state index in [-0.39, 0.29) is 0 Å². The number of hydrogen-bond acceptors (Lipinski definition) is 1. The molecule has 0 amide bonds. The molecule has 0 radical (unpaired) electrons. The van der Waals surface area contributed by atoms with E-state index in [0.29, 0.717) is 6.04 Å². The second kappa shape index (κ2) is 6.12. The monoisotopic (exact) mass is 348 g/mol. The zero-order chi connectivity index (χ0) is 17.1. The highest BCUT2D eigenvalue weighted by molar-refractivity contribution is 5.80. The molecule has 2 aliphatic carbocycles. The molecule has 4 fully saturated rings. The molecule has 6 atom stereocenters. The van der Waals surface area contributed by atoms with Crippen molar-refractivity contribution < 1.29 is 0 Å². The van der Waals surface area contributed by atoms with Crippen molar-refractivity contribution in [3.05, 3.63) is 36.5 Å². The Labute approximate surface area is 157 Å². The molecule has 0 spiro atoms. The van der Waals surface area contributed by atoms with Gasteiger partial charge in [-0.05, 0) is 74.3 Å². The molecular formula is C24H32N2. The Balaban J connectivity index is 1.24. The van der Waals surface area contributed by atoms with Crippen molar-refractivity contribution >= 4 is 10.9 Å². The van der Waals surface area contributed by atoms with Crippen LogP contribution < -0.4 is 0 Å². The predicted molar refractivity (Wildman–Crippen MR) is 107 cm³/mol. The fourth-order valence-electron chi connectivity index (χ4n) is 7.37. The lowest BCUT2D eigenvalue weighted by Crippen LogP contribution is -2.52. The van der Waals surface area contributed by atoms with E-state index in [9.17, 15) is 0 Å². The fourth-order valence-corrected chi connectivity index (χ4v) is 7.37. The van der Waals surface area contributed by atoms with E-state index < -0.39 is 0 Å². The van der Waals surface area contributed by atoms with E-state index in [0.717, 1.165) is 30.0 Å². The number of hydrogen-bond donors (Lipinski definition) is 0. The third-order valence-corrected chi connectivity index (χ3v) is 8.31. The van der Waals surface area contributed by atoms with Gasteiger partial charge in [-0.25, -0.2) is 0 Å². The van der Waals surface area contributed by atoms with Gasteiger partial charge in [0, 0.05) is 35.9 Å². The largest absolute Gasteiger partial charge is 0.344 e. The van der Waals surface area contributed by atoms with Gasteiger partial charge in [-0.3, -0.25) is 4.90 Å². The molecular weight excluding hydrogens is 316 g/mol. The topological polar surface area (TPSA) is 8.17 Å². The molecule has 2 saturated heterocycles. The van der Waals surface area contributed by atoms with Crippen LogP contribution in [0.3, 0.4) is 0 Å². The van der Waals surface area contributed by atoms with Gasteiger partial charge in [0.1, 0.15) is 0 Å². The van der Waals surface area contributed by atoms with Crippen LogP contribution in [0.4, 0.5) is 0 Å². The van der Waals surface area contributed by atoms with Crippen molar-refractivity contribution in [1.29, 1.82) is 0 Å². The average Bonchev–Trinajstić information content (AvgIpc) is 3.20. The zero-order valence-corrected chi connectivity index (χ0v) is 15.9. The van der Waals surface area contributed by atoms with Crippen LogP contribution in [0.15, 0.2) is 36.5 Å².